The Hall–Kier alpha value is -0.900. The van der Waals surface area contributed by atoms with E-state index < -0.39 is 0 Å². The summed E-state index contributed by atoms with van der Waals surface area (Å²) in [4.78, 5) is 25.9. The van der Waals surface area contributed by atoms with E-state index in [9.17, 15) is 9.59 Å². The molecule has 1 amide bonds. The highest BCUT2D eigenvalue weighted by atomic mass is 16.5. The summed E-state index contributed by atoms with van der Waals surface area (Å²) in [5, 5.41) is 0. The molecule has 3 fully saturated rings. The first-order chi connectivity index (χ1) is 10.6. The predicted octanol–water partition coefficient (Wildman–Crippen LogP) is 3.09. The lowest BCUT2D eigenvalue weighted by atomic mass is 9.89. The van der Waals surface area contributed by atoms with E-state index in [-0.39, 0.29) is 23.4 Å². The van der Waals surface area contributed by atoms with Crippen LogP contribution in [0.25, 0.3) is 0 Å². The molecule has 2 atom stereocenters. The van der Waals surface area contributed by atoms with E-state index in [1.54, 1.807) is 6.92 Å². The number of hydrogen-bond donors (Lipinski definition) is 0. The molecule has 1 aliphatic carbocycles. The topological polar surface area (TPSA) is 46.6 Å². The molecule has 2 aliphatic heterocycles. The van der Waals surface area contributed by atoms with Gasteiger partial charge in [0.1, 0.15) is 5.78 Å². The zero-order valence-corrected chi connectivity index (χ0v) is 13.8. The minimum absolute atomic E-state index is 0.117. The molecule has 2 saturated heterocycles. The number of ketones is 1. The molecule has 1 spiro atoms. The summed E-state index contributed by atoms with van der Waals surface area (Å²) >= 11 is 0. The number of amides is 1. The van der Waals surface area contributed by atoms with Gasteiger partial charge in [0.15, 0.2) is 0 Å². The van der Waals surface area contributed by atoms with Crippen LogP contribution in [0.1, 0.15) is 71.1 Å². The fourth-order valence-electron chi connectivity index (χ4n) is 4.48. The third-order valence-corrected chi connectivity index (χ3v) is 5.71. The van der Waals surface area contributed by atoms with Gasteiger partial charge in [0.25, 0.3) is 0 Å². The Morgan fingerprint density at radius 3 is 2.64 bits per heavy atom. The summed E-state index contributed by atoms with van der Waals surface area (Å²) in [6.45, 7) is 3.32. The fraction of sp³-hybridized carbons (Fsp3) is 0.889. The van der Waals surface area contributed by atoms with Gasteiger partial charge in [-0.15, -0.1) is 0 Å². The van der Waals surface area contributed by atoms with Gasteiger partial charge in [0.05, 0.1) is 11.7 Å². The number of ether oxygens (including phenoxy) is 1. The molecule has 0 aromatic carbocycles. The molecule has 0 aromatic rings. The second-order valence-electron chi connectivity index (χ2n) is 7.55. The molecule has 3 rings (SSSR count). The number of likely N-dealkylation sites (tertiary alicyclic amines) is 1. The van der Waals surface area contributed by atoms with E-state index in [1.807, 2.05) is 0 Å². The van der Waals surface area contributed by atoms with Gasteiger partial charge in [-0.1, -0.05) is 12.8 Å². The standard InChI is InChI=1S/C18H29NO3/c1-14(20)7-8-16-9-11-18(22-16)10-4-12-19(13-18)17(21)15-5-2-3-6-15/h15-16H,2-13H2,1H3/t16-,18+/m1/s1. The smallest absolute Gasteiger partial charge is 0.225 e. The lowest BCUT2D eigenvalue weighted by Crippen LogP contribution is -2.51. The lowest BCUT2D eigenvalue weighted by molar-refractivity contribution is -0.146. The van der Waals surface area contributed by atoms with Gasteiger partial charge >= 0.3 is 0 Å². The minimum Gasteiger partial charge on any atom is -0.370 e. The Kier molecular flexibility index (Phi) is 4.86. The molecule has 0 bridgehead atoms. The summed E-state index contributed by atoms with van der Waals surface area (Å²) in [6, 6.07) is 0. The van der Waals surface area contributed by atoms with Crippen LogP contribution in [0.3, 0.4) is 0 Å². The van der Waals surface area contributed by atoms with Crippen molar-refractivity contribution in [3.05, 3.63) is 0 Å². The highest BCUT2D eigenvalue weighted by Crippen LogP contribution is 2.40. The van der Waals surface area contributed by atoms with Gasteiger partial charge in [-0.3, -0.25) is 4.79 Å². The van der Waals surface area contributed by atoms with Crippen molar-refractivity contribution in [1.29, 1.82) is 0 Å². The average Bonchev–Trinajstić information content (AvgIpc) is 3.15. The summed E-state index contributed by atoms with van der Waals surface area (Å²) < 4.78 is 6.34. The first-order valence-corrected chi connectivity index (χ1v) is 9.04. The molecule has 4 nitrogen and oxygen atoms in total. The molecule has 4 heteroatoms. The highest BCUT2D eigenvalue weighted by Gasteiger charge is 2.44. The van der Waals surface area contributed by atoms with E-state index in [0.717, 1.165) is 58.0 Å². The zero-order valence-electron chi connectivity index (χ0n) is 13.8. The van der Waals surface area contributed by atoms with E-state index in [2.05, 4.69) is 4.90 Å². The van der Waals surface area contributed by atoms with Gasteiger partial charge in [0, 0.05) is 25.4 Å². The second-order valence-corrected chi connectivity index (χ2v) is 7.55. The summed E-state index contributed by atoms with van der Waals surface area (Å²) in [5.41, 5.74) is -0.117. The predicted molar refractivity (Wildman–Crippen MR) is 84.5 cm³/mol. The monoisotopic (exact) mass is 307 g/mol. The molecule has 1 saturated carbocycles. The van der Waals surface area contributed by atoms with Crippen LogP contribution in [-0.4, -0.2) is 41.4 Å². The molecule has 0 unspecified atom stereocenters. The van der Waals surface area contributed by atoms with Gasteiger partial charge in [0.2, 0.25) is 5.91 Å². The minimum atomic E-state index is -0.117. The van der Waals surface area contributed by atoms with Crippen molar-refractivity contribution in [3.63, 3.8) is 0 Å². The Labute approximate surface area is 133 Å². The summed E-state index contributed by atoms with van der Waals surface area (Å²) in [6.07, 6.45) is 10.4. The van der Waals surface area contributed by atoms with E-state index in [4.69, 9.17) is 4.74 Å². The van der Waals surface area contributed by atoms with Gasteiger partial charge in [-0.05, 0) is 51.9 Å². The normalized spacial score (nSPS) is 32.8. The Bertz CT molecular complexity index is 430. The number of hydrogen-bond acceptors (Lipinski definition) is 3. The average molecular weight is 307 g/mol. The van der Waals surface area contributed by atoms with Crippen molar-refractivity contribution in [2.45, 2.75) is 82.8 Å². The van der Waals surface area contributed by atoms with Crippen molar-refractivity contribution in [2.75, 3.05) is 13.1 Å². The maximum absolute atomic E-state index is 12.7. The van der Waals surface area contributed by atoms with Crippen LogP contribution < -0.4 is 0 Å². The molecule has 2 heterocycles. The van der Waals surface area contributed by atoms with Crippen molar-refractivity contribution in [2.24, 2.45) is 5.92 Å². The van der Waals surface area contributed by atoms with Crippen molar-refractivity contribution in [1.82, 2.24) is 4.90 Å². The van der Waals surface area contributed by atoms with Crippen molar-refractivity contribution in [3.8, 4) is 0 Å². The molecular weight excluding hydrogens is 278 g/mol. The molecule has 22 heavy (non-hydrogen) atoms. The highest BCUT2D eigenvalue weighted by molar-refractivity contribution is 5.79. The zero-order chi connectivity index (χ0) is 15.6. The Morgan fingerprint density at radius 2 is 1.91 bits per heavy atom. The van der Waals surface area contributed by atoms with Crippen LogP contribution in [0.2, 0.25) is 0 Å². The van der Waals surface area contributed by atoms with Crippen LogP contribution >= 0.6 is 0 Å². The largest absolute Gasteiger partial charge is 0.370 e. The summed E-state index contributed by atoms with van der Waals surface area (Å²) in [5.74, 6) is 0.878. The molecule has 124 valence electrons. The number of carbonyl (C=O) groups excluding carboxylic acids is 2. The SMILES string of the molecule is CC(=O)CC[C@@H]1CC[C@]2(CCCN(C(=O)C3CCCC3)C2)O1. The first kappa shape index (κ1) is 16.0. The van der Waals surface area contributed by atoms with Crippen LogP contribution in [0.4, 0.5) is 0 Å². The maximum atomic E-state index is 12.7. The van der Waals surface area contributed by atoms with E-state index in [1.165, 1.54) is 12.8 Å². The number of rotatable bonds is 4. The fourth-order valence-corrected chi connectivity index (χ4v) is 4.48. The number of carbonyl (C=O) groups is 2. The maximum Gasteiger partial charge on any atom is 0.225 e. The van der Waals surface area contributed by atoms with Crippen LogP contribution in [0, 0.1) is 5.92 Å². The van der Waals surface area contributed by atoms with Gasteiger partial charge < -0.3 is 14.4 Å². The third kappa shape index (κ3) is 3.53. The van der Waals surface area contributed by atoms with E-state index >= 15 is 0 Å². The van der Waals surface area contributed by atoms with Gasteiger partial charge in [-0.2, -0.15) is 0 Å². The van der Waals surface area contributed by atoms with Crippen LogP contribution in [-0.2, 0) is 14.3 Å². The molecule has 3 aliphatic rings. The molecular formula is C18H29NO3. The third-order valence-electron chi connectivity index (χ3n) is 5.71. The van der Waals surface area contributed by atoms with Crippen LogP contribution in [0.15, 0.2) is 0 Å². The van der Waals surface area contributed by atoms with Crippen LogP contribution in [0.5, 0.6) is 0 Å². The Morgan fingerprint density at radius 1 is 1.14 bits per heavy atom. The number of Topliss-reactive ketones (excluding diaryl/α,β-unsaturated/α-hetero) is 1. The number of nitrogens with zero attached hydrogens (tertiary/aromatic N) is 1. The molecule has 0 aromatic heterocycles. The van der Waals surface area contributed by atoms with Gasteiger partial charge in [-0.25, -0.2) is 0 Å². The summed E-state index contributed by atoms with van der Waals surface area (Å²) in [7, 11) is 0. The lowest BCUT2D eigenvalue weighted by Gasteiger charge is -2.41. The quantitative estimate of drug-likeness (QED) is 0.802. The van der Waals surface area contributed by atoms with Crippen molar-refractivity contribution < 1.29 is 14.3 Å². The second kappa shape index (κ2) is 6.69. The van der Waals surface area contributed by atoms with E-state index in [0.29, 0.717) is 12.3 Å². The molecule has 0 radical (unpaired) electrons. The number of piperidine rings is 1. The van der Waals surface area contributed by atoms with Crippen molar-refractivity contribution >= 4 is 11.7 Å². The Balaban J connectivity index is 1.56. The first-order valence-electron chi connectivity index (χ1n) is 9.04. The molecule has 0 N–H and O–H groups in total.